The van der Waals surface area contributed by atoms with E-state index in [9.17, 15) is 0 Å². The fraction of sp³-hybridized carbons (Fsp3) is 0.846. The van der Waals surface area contributed by atoms with Gasteiger partial charge in [-0.15, -0.1) is 5.10 Å². The summed E-state index contributed by atoms with van der Waals surface area (Å²) in [4.78, 5) is 6.95. The lowest BCUT2D eigenvalue weighted by Gasteiger charge is -2.24. The minimum atomic E-state index is 0.257. The number of hydrogen-bond donors (Lipinski definition) is 2. The molecule has 0 aromatic carbocycles. The minimum Gasteiger partial charge on any atom is -0.338 e. The van der Waals surface area contributed by atoms with Gasteiger partial charge in [0.25, 0.3) is 0 Å². The van der Waals surface area contributed by atoms with Gasteiger partial charge in [-0.2, -0.15) is 4.98 Å². The quantitative estimate of drug-likeness (QED) is 0.853. The van der Waals surface area contributed by atoms with Crippen LogP contribution in [0, 0.1) is 0 Å². The van der Waals surface area contributed by atoms with Crippen LogP contribution in [0.3, 0.4) is 0 Å². The van der Waals surface area contributed by atoms with Crippen LogP contribution in [-0.2, 0) is 5.41 Å². The molecule has 0 spiro atoms. The first-order chi connectivity index (χ1) is 8.73. The average molecular weight is 249 g/mol. The minimum absolute atomic E-state index is 0.257. The number of aromatic amines is 1. The fourth-order valence-electron chi connectivity index (χ4n) is 3.41. The SMILES string of the molecule is CCC1(c2nc(N3CCC(N)C3)n[nH]2)CCCC1. The normalized spacial score (nSPS) is 27.0. The smallest absolute Gasteiger partial charge is 0.244 e. The summed E-state index contributed by atoms with van der Waals surface area (Å²) in [7, 11) is 0. The van der Waals surface area contributed by atoms with Crippen molar-refractivity contribution in [1.82, 2.24) is 15.2 Å². The van der Waals surface area contributed by atoms with Crippen molar-refractivity contribution in [3.05, 3.63) is 5.82 Å². The summed E-state index contributed by atoms with van der Waals surface area (Å²) in [5, 5.41) is 7.59. The summed E-state index contributed by atoms with van der Waals surface area (Å²) in [6, 6.07) is 0.276. The van der Waals surface area contributed by atoms with Crippen LogP contribution < -0.4 is 10.6 Å². The van der Waals surface area contributed by atoms with Crippen LogP contribution in [0.5, 0.6) is 0 Å². The summed E-state index contributed by atoms with van der Waals surface area (Å²) in [6.45, 7) is 4.13. The average Bonchev–Trinajstić information content (AvgIpc) is 3.08. The highest BCUT2D eigenvalue weighted by atomic mass is 15.4. The second-order valence-electron chi connectivity index (χ2n) is 5.82. The molecule has 0 radical (unpaired) electrons. The van der Waals surface area contributed by atoms with Crippen molar-refractivity contribution in [3.8, 4) is 0 Å². The molecule has 18 heavy (non-hydrogen) atoms. The Balaban J connectivity index is 1.80. The molecule has 1 saturated heterocycles. The molecule has 3 rings (SSSR count). The summed E-state index contributed by atoms with van der Waals surface area (Å²) < 4.78 is 0. The van der Waals surface area contributed by atoms with Crippen molar-refractivity contribution in [3.63, 3.8) is 0 Å². The molecule has 1 aromatic rings. The molecule has 1 aliphatic heterocycles. The lowest BCUT2D eigenvalue weighted by atomic mass is 9.83. The van der Waals surface area contributed by atoms with Gasteiger partial charge in [0, 0.05) is 24.5 Å². The van der Waals surface area contributed by atoms with Gasteiger partial charge in [0.15, 0.2) is 0 Å². The van der Waals surface area contributed by atoms with E-state index in [1.807, 2.05) is 0 Å². The van der Waals surface area contributed by atoms with Crippen molar-refractivity contribution in [2.45, 2.75) is 56.9 Å². The monoisotopic (exact) mass is 249 g/mol. The van der Waals surface area contributed by atoms with E-state index in [2.05, 4.69) is 22.0 Å². The molecule has 2 fully saturated rings. The number of nitrogens with zero attached hydrogens (tertiary/aromatic N) is 3. The van der Waals surface area contributed by atoms with Crippen LogP contribution in [-0.4, -0.2) is 34.3 Å². The van der Waals surface area contributed by atoms with Gasteiger partial charge < -0.3 is 10.6 Å². The predicted molar refractivity (Wildman–Crippen MR) is 71.6 cm³/mol. The Morgan fingerprint density at radius 2 is 2.22 bits per heavy atom. The Kier molecular flexibility index (Phi) is 3.01. The third-order valence-electron chi connectivity index (χ3n) is 4.72. The van der Waals surface area contributed by atoms with E-state index < -0.39 is 0 Å². The number of nitrogens with two attached hydrogens (primary N) is 1. The van der Waals surface area contributed by atoms with E-state index in [1.165, 1.54) is 25.7 Å². The number of H-pyrrole nitrogens is 1. The van der Waals surface area contributed by atoms with Gasteiger partial charge in [-0.25, -0.2) is 0 Å². The van der Waals surface area contributed by atoms with Crippen LogP contribution in [0.4, 0.5) is 5.95 Å². The standard InChI is InChI=1S/C13H23N5/c1-2-13(6-3-4-7-13)11-15-12(17-16-11)18-8-5-10(14)9-18/h10H,2-9,14H2,1H3,(H,15,16,17). The number of aromatic nitrogens is 3. The molecular weight excluding hydrogens is 226 g/mol. The zero-order valence-electron chi connectivity index (χ0n) is 11.2. The van der Waals surface area contributed by atoms with Crippen LogP contribution >= 0.6 is 0 Å². The van der Waals surface area contributed by atoms with E-state index in [4.69, 9.17) is 10.7 Å². The molecule has 0 amide bonds. The topological polar surface area (TPSA) is 70.8 Å². The van der Waals surface area contributed by atoms with Crippen molar-refractivity contribution < 1.29 is 0 Å². The second-order valence-corrected chi connectivity index (χ2v) is 5.82. The molecule has 1 unspecified atom stereocenters. The molecule has 1 atom stereocenters. The van der Waals surface area contributed by atoms with E-state index in [1.54, 1.807) is 0 Å². The first kappa shape index (κ1) is 12.0. The molecule has 5 heteroatoms. The fourth-order valence-corrected chi connectivity index (χ4v) is 3.41. The Labute approximate surface area is 108 Å². The van der Waals surface area contributed by atoms with Gasteiger partial charge in [0.2, 0.25) is 5.95 Å². The Morgan fingerprint density at radius 1 is 1.44 bits per heavy atom. The third kappa shape index (κ3) is 1.90. The van der Waals surface area contributed by atoms with Gasteiger partial charge in [0.05, 0.1) is 0 Å². The van der Waals surface area contributed by atoms with Gasteiger partial charge in [-0.3, -0.25) is 5.10 Å². The number of hydrogen-bond acceptors (Lipinski definition) is 4. The molecule has 1 saturated carbocycles. The van der Waals surface area contributed by atoms with Crippen LogP contribution in [0.1, 0.15) is 51.3 Å². The molecule has 2 aliphatic rings. The van der Waals surface area contributed by atoms with E-state index >= 15 is 0 Å². The highest BCUT2D eigenvalue weighted by Crippen LogP contribution is 2.42. The molecule has 100 valence electrons. The summed E-state index contributed by atoms with van der Waals surface area (Å²) in [6.07, 6.45) is 7.33. The summed E-state index contributed by atoms with van der Waals surface area (Å²) >= 11 is 0. The van der Waals surface area contributed by atoms with Gasteiger partial charge in [-0.05, 0) is 25.7 Å². The lowest BCUT2D eigenvalue weighted by molar-refractivity contribution is 0.400. The maximum absolute atomic E-state index is 5.94. The van der Waals surface area contributed by atoms with Crippen molar-refractivity contribution >= 4 is 5.95 Å². The largest absolute Gasteiger partial charge is 0.338 e. The highest BCUT2D eigenvalue weighted by molar-refractivity contribution is 5.32. The number of nitrogens with one attached hydrogen (secondary N) is 1. The number of anilines is 1. The number of rotatable bonds is 3. The molecule has 3 N–H and O–H groups in total. The maximum atomic E-state index is 5.94. The van der Waals surface area contributed by atoms with Crippen molar-refractivity contribution in [2.75, 3.05) is 18.0 Å². The molecule has 1 aliphatic carbocycles. The highest BCUT2D eigenvalue weighted by Gasteiger charge is 2.37. The van der Waals surface area contributed by atoms with E-state index in [0.717, 1.165) is 37.7 Å². The molecule has 2 heterocycles. The van der Waals surface area contributed by atoms with Gasteiger partial charge in [-0.1, -0.05) is 19.8 Å². The van der Waals surface area contributed by atoms with Crippen LogP contribution in [0.2, 0.25) is 0 Å². The maximum Gasteiger partial charge on any atom is 0.244 e. The second kappa shape index (κ2) is 4.53. The lowest BCUT2D eigenvalue weighted by Crippen LogP contribution is -2.27. The molecule has 1 aromatic heterocycles. The predicted octanol–water partition coefficient (Wildman–Crippen LogP) is 1.56. The molecular formula is C13H23N5. The Morgan fingerprint density at radius 3 is 2.83 bits per heavy atom. The van der Waals surface area contributed by atoms with E-state index in [-0.39, 0.29) is 11.5 Å². The summed E-state index contributed by atoms with van der Waals surface area (Å²) in [5.41, 5.74) is 6.19. The van der Waals surface area contributed by atoms with Crippen molar-refractivity contribution in [1.29, 1.82) is 0 Å². The Bertz CT molecular complexity index is 407. The van der Waals surface area contributed by atoms with Crippen LogP contribution in [0.15, 0.2) is 0 Å². The first-order valence-corrected chi connectivity index (χ1v) is 7.17. The Hall–Kier alpha value is -1.10. The van der Waals surface area contributed by atoms with Crippen molar-refractivity contribution in [2.24, 2.45) is 5.73 Å². The van der Waals surface area contributed by atoms with Crippen LogP contribution in [0.25, 0.3) is 0 Å². The zero-order chi connectivity index (χ0) is 12.6. The van der Waals surface area contributed by atoms with Gasteiger partial charge in [0.1, 0.15) is 5.82 Å². The van der Waals surface area contributed by atoms with E-state index in [0.29, 0.717) is 0 Å². The third-order valence-corrected chi connectivity index (χ3v) is 4.72. The summed E-state index contributed by atoms with van der Waals surface area (Å²) in [5.74, 6) is 1.94. The molecule has 0 bridgehead atoms. The molecule has 5 nitrogen and oxygen atoms in total. The van der Waals surface area contributed by atoms with Gasteiger partial charge >= 0.3 is 0 Å². The first-order valence-electron chi connectivity index (χ1n) is 7.17. The zero-order valence-corrected chi connectivity index (χ0v) is 11.2.